The minimum atomic E-state index is 0.444. The van der Waals surface area contributed by atoms with Crippen LogP contribution in [0.4, 0.5) is 0 Å². The van der Waals surface area contributed by atoms with Crippen LogP contribution in [-0.2, 0) is 4.79 Å². The van der Waals surface area contributed by atoms with Gasteiger partial charge in [-0.2, -0.15) is 0 Å². The van der Waals surface area contributed by atoms with Crippen LogP contribution in [0.2, 0.25) is 0 Å². The molecule has 0 aromatic carbocycles. The van der Waals surface area contributed by atoms with E-state index in [2.05, 4.69) is 24.1 Å². The maximum absolute atomic E-state index is 12.6. The number of hydrogen-bond acceptors (Lipinski definition) is 2. The highest BCUT2D eigenvalue weighted by molar-refractivity contribution is 5.77. The van der Waals surface area contributed by atoms with Crippen LogP contribution in [0.5, 0.6) is 0 Å². The average Bonchev–Trinajstić information content (AvgIpc) is 3.15. The summed E-state index contributed by atoms with van der Waals surface area (Å²) in [5, 5.41) is 3.67. The summed E-state index contributed by atoms with van der Waals surface area (Å²) in [6.45, 7) is 5.49. The van der Waals surface area contributed by atoms with E-state index in [0.29, 0.717) is 35.9 Å². The predicted molar refractivity (Wildman–Crippen MR) is 81.5 cm³/mol. The van der Waals surface area contributed by atoms with E-state index >= 15 is 0 Å². The lowest BCUT2D eigenvalue weighted by Crippen LogP contribution is -2.41. The number of amides is 1. The zero-order valence-corrected chi connectivity index (χ0v) is 13.1. The molecule has 2 saturated heterocycles. The number of nitrogens with one attached hydrogen (secondary N) is 1. The van der Waals surface area contributed by atoms with Crippen LogP contribution in [0, 0.1) is 11.8 Å². The molecule has 1 aliphatic carbocycles. The first-order valence-electron chi connectivity index (χ1n) is 8.67. The van der Waals surface area contributed by atoms with Crippen molar-refractivity contribution in [3.8, 4) is 0 Å². The topological polar surface area (TPSA) is 32.3 Å². The monoisotopic (exact) mass is 278 g/mol. The van der Waals surface area contributed by atoms with Gasteiger partial charge < -0.3 is 10.2 Å². The summed E-state index contributed by atoms with van der Waals surface area (Å²) in [4.78, 5) is 14.9. The van der Waals surface area contributed by atoms with Crippen molar-refractivity contribution in [2.45, 2.75) is 83.3 Å². The van der Waals surface area contributed by atoms with Crippen LogP contribution in [0.1, 0.15) is 65.2 Å². The van der Waals surface area contributed by atoms with Crippen molar-refractivity contribution in [2.24, 2.45) is 11.8 Å². The van der Waals surface area contributed by atoms with E-state index < -0.39 is 0 Å². The summed E-state index contributed by atoms with van der Waals surface area (Å²) in [7, 11) is 0. The van der Waals surface area contributed by atoms with Gasteiger partial charge in [0.15, 0.2) is 0 Å². The lowest BCUT2D eigenvalue weighted by atomic mass is 9.89. The molecule has 2 aliphatic heterocycles. The SMILES string of the molecule is CC(C)CCN(C(=O)CC1CC2CCC(C1)N2)C1CC1. The maximum atomic E-state index is 12.6. The minimum Gasteiger partial charge on any atom is -0.340 e. The van der Waals surface area contributed by atoms with Crippen LogP contribution < -0.4 is 5.32 Å². The second-order valence-electron chi connectivity index (χ2n) is 7.68. The van der Waals surface area contributed by atoms with E-state index in [-0.39, 0.29) is 0 Å². The highest BCUT2D eigenvalue weighted by Crippen LogP contribution is 2.34. The van der Waals surface area contributed by atoms with Crippen molar-refractivity contribution in [3.05, 3.63) is 0 Å². The molecule has 20 heavy (non-hydrogen) atoms. The van der Waals surface area contributed by atoms with E-state index in [1.807, 2.05) is 0 Å². The first-order valence-corrected chi connectivity index (χ1v) is 8.67. The van der Waals surface area contributed by atoms with Crippen LogP contribution in [0.3, 0.4) is 0 Å². The molecule has 0 radical (unpaired) electrons. The molecule has 0 spiro atoms. The van der Waals surface area contributed by atoms with Crippen molar-refractivity contribution < 1.29 is 4.79 Å². The van der Waals surface area contributed by atoms with Crippen LogP contribution in [0.15, 0.2) is 0 Å². The van der Waals surface area contributed by atoms with Crippen molar-refractivity contribution in [1.29, 1.82) is 0 Å². The van der Waals surface area contributed by atoms with Crippen molar-refractivity contribution in [3.63, 3.8) is 0 Å². The summed E-state index contributed by atoms with van der Waals surface area (Å²) in [5.41, 5.74) is 0. The maximum Gasteiger partial charge on any atom is 0.223 e. The Kier molecular flexibility index (Phi) is 4.34. The second kappa shape index (κ2) is 6.05. The van der Waals surface area contributed by atoms with Gasteiger partial charge in [-0.1, -0.05) is 13.8 Å². The average molecular weight is 278 g/mol. The molecule has 2 atom stereocenters. The number of piperidine rings is 1. The van der Waals surface area contributed by atoms with Crippen LogP contribution >= 0.6 is 0 Å². The van der Waals surface area contributed by atoms with Gasteiger partial charge >= 0.3 is 0 Å². The first kappa shape index (κ1) is 14.4. The highest BCUT2D eigenvalue weighted by atomic mass is 16.2. The van der Waals surface area contributed by atoms with Crippen LogP contribution in [-0.4, -0.2) is 35.5 Å². The molecule has 0 aromatic heterocycles. The van der Waals surface area contributed by atoms with E-state index in [1.54, 1.807) is 0 Å². The fourth-order valence-corrected chi connectivity index (χ4v) is 4.00. The number of nitrogens with zero attached hydrogens (tertiary/aromatic N) is 1. The van der Waals surface area contributed by atoms with Gasteiger partial charge in [0.25, 0.3) is 0 Å². The van der Waals surface area contributed by atoms with Crippen molar-refractivity contribution in [1.82, 2.24) is 10.2 Å². The molecule has 114 valence electrons. The molecule has 2 heterocycles. The quantitative estimate of drug-likeness (QED) is 0.810. The fraction of sp³-hybridized carbons (Fsp3) is 0.941. The van der Waals surface area contributed by atoms with Gasteiger partial charge in [-0.05, 0) is 56.8 Å². The minimum absolute atomic E-state index is 0.444. The molecule has 3 aliphatic rings. The molecule has 3 fully saturated rings. The first-order chi connectivity index (χ1) is 9.61. The third-order valence-corrected chi connectivity index (χ3v) is 5.29. The summed E-state index contributed by atoms with van der Waals surface area (Å²) >= 11 is 0. The normalized spacial score (nSPS) is 32.6. The molecule has 3 rings (SSSR count). The lowest BCUT2D eigenvalue weighted by Gasteiger charge is -2.31. The van der Waals surface area contributed by atoms with E-state index in [4.69, 9.17) is 0 Å². The molecule has 3 heteroatoms. The zero-order chi connectivity index (χ0) is 14.1. The largest absolute Gasteiger partial charge is 0.340 e. The summed E-state index contributed by atoms with van der Waals surface area (Å²) in [6, 6.07) is 1.99. The van der Waals surface area contributed by atoms with Crippen molar-refractivity contribution >= 4 is 5.91 Å². The Morgan fingerprint density at radius 2 is 1.80 bits per heavy atom. The highest BCUT2D eigenvalue weighted by Gasteiger charge is 2.37. The Morgan fingerprint density at radius 1 is 1.15 bits per heavy atom. The number of carbonyl (C=O) groups excluding carboxylic acids is 1. The Labute approximate surface area is 123 Å². The standard InChI is InChI=1S/C17H30N2O/c1-12(2)7-8-19(16-5-6-16)17(20)11-13-9-14-3-4-15(10-13)18-14/h12-16,18H,3-11H2,1-2H3. The molecule has 1 saturated carbocycles. The Bertz CT molecular complexity index is 339. The van der Waals surface area contributed by atoms with Crippen LogP contribution in [0.25, 0.3) is 0 Å². The van der Waals surface area contributed by atoms with Crippen molar-refractivity contribution in [2.75, 3.05) is 6.54 Å². The number of hydrogen-bond donors (Lipinski definition) is 1. The molecule has 2 unspecified atom stereocenters. The molecular formula is C17H30N2O. The van der Waals surface area contributed by atoms with E-state index in [1.165, 1.54) is 38.5 Å². The third kappa shape index (κ3) is 3.55. The fourth-order valence-electron chi connectivity index (χ4n) is 4.00. The number of rotatable bonds is 6. The van der Waals surface area contributed by atoms with Gasteiger partial charge in [0, 0.05) is 31.1 Å². The zero-order valence-electron chi connectivity index (χ0n) is 13.1. The molecule has 1 N–H and O–H groups in total. The number of fused-ring (bicyclic) bond motifs is 2. The Balaban J connectivity index is 1.51. The third-order valence-electron chi connectivity index (χ3n) is 5.29. The summed E-state index contributed by atoms with van der Waals surface area (Å²) in [6.07, 6.45) is 9.55. The summed E-state index contributed by atoms with van der Waals surface area (Å²) in [5.74, 6) is 1.78. The second-order valence-corrected chi connectivity index (χ2v) is 7.68. The van der Waals surface area contributed by atoms with Gasteiger partial charge in [0.2, 0.25) is 5.91 Å². The van der Waals surface area contributed by atoms with Gasteiger partial charge in [0.1, 0.15) is 0 Å². The Morgan fingerprint density at radius 3 is 2.35 bits per heavy atom. The molecule has 3 nitrogen and oxygen atoms in total. The molecule has 2 bridgehead atoms. The summed E-state index contributed by atoms with van der Waals surface area (Å²) < 4.78 is 0. The van der Waals surface area contributed by atoms with Gasteiger partial charge in [-0.15, -0.1) is 0 Å². The molecular weight excluding hydrogens is 248 g/mol. The number of carbonyl (C=O) groups is 1. The molecule has 1 amide bonds. The van der Waals surface area contributed by atoms with Gasteiger partial charge in [0.05, 0.1) is 0 Å². The smallest absolute Gasteiger partial charge is 0.223 e. The van der Waals surface area contributed by atoms with Gasteiger partial charge in [-0.3, -0.25) is 4.79 Å². The van der Waals surface area contributed by atoms with E-state index in [0.717, 1.165) is 19.4 Å². The predicted octanol–water partition coefficient (Wildman–Crippen LogP) is 2.94. The molecule has 0 aromatic rings. The Hall–Kier alpha value is -0.570. The lowest BCUT2D eigenvalue weighted by molar-refractivity contribution is -0.133. The van der Waals surface area contributed by atoms with E-state index in [9.17, 15) is 4.79 Å². The van der Waals surface area contributed by atoms with Gasteiger partial charge in [-0.25, -0.2) is 0 Å².